The molecule has 14 heteroatoms. The number of nitrogens with one attached hydrogen (secondary N) is 2. The Morgan fingerprint density at radius 1 is 1.09 bits per heavy atom. The van der Waals surface area contributed by atoms with Crippen LogP contribution < -0.4 is 20.3 Å². The smallest absolute Gasteiger partial charge is 0.430 e. The number of carboxylic acids is 1. The van der Waals surface area contributed by atoms with Gasteiger partial charge in [-0.2, -0.15) is 31.6 Å². The number of amides is 1. The molecule has 1 fully saturated rings. The van der Waals surface area contributed by atoms with Crippen LogP contribution in [0, 0.1) is 11.3 Å². The van der Waals surface area contributed by atoms with Crippen LogP contribution in [0.15, 0.2) is 30.6 Å². The predicted octanol–water partition coefficient (Wildman–Crippen LogP) is 2.72. The average molecular weight is 503 g/mol. The van der Waals surface area contributed by atoms with Crippen LogP contribution in [0.4, 0.5) is 37.8 Å². The summed E-state index contributed by atoms with van der Waals surface area (Å²) in [6, 6.07) is 5.55. The molecular weight excluding hydrogens is 484 g/mol. The Morgan fingerprint density at radius 3 is 2.20 bits per heavy atom. The highest BCUT2D eigenvalue weighted by Crippen LogP contribution is 2.31. The van der Waals surface area contributed by atoms with Crippen LogP contribution in [0.25, 0.3) is 0 Å². The molecule has 0 aromatic carbocycles. The lowest BCUT2D eigenvalue weighted by molar-refractivity contribution is -0.367. The van der Waals surface area contributed by atoms with E-state index in [4.69, 9.17) is 15.2 Å². The van der Waals surface area contributed by atoms with Crippen LogP contribution in [0.2, 0.25) is 0 Å². The summed E-state index contributed by atoms with van der Waals surface area (Å²) in [7, 11) is 0. The van der Waals surface area contributed by atoms with Crippen molar-refractivity contribution >= 4 is 23.4 Å². The standard InChI is InChI=1S/C19H18F3N5O.C2HF3O2/c20-19(21,22)13-9-16(17(25-12-13)27-7-3-1-2-4-8-27)18(28)26-14-5-6-24-15(10-14)11-23;3-2(4,5)1(6)7/h5-6,9-10,12H,1-4,7-8H2,(H,24,26,28);(H,6,7). The molecule has 0 atom stereocenters. The molecule has 2 aromatic heterocycles. The van der Waals surface area contributed by atoms with Crippen molar-refractivity contribution in [1.82, 2.24) is 4.98 Å². The Labute approximate surface area is 195 Å². The molecule has 0 unspecified atom stereocenters. The van der Waals surface area contributed by atoms with Crippen molar-refractivity contribution in [2.24, 2.45) is 0 Å². The molecule has 0 aliphatic carbocycles. The van der Waals surface area contributed by atoms with Gasteiger partial charge in [0.2, 0.25) is 0 Å². The first kappa shape index (κ1) is 27.4. The number of nitriles is 1. The zero-order valence-electron chi connectivity index (χ0n) is 18.0. The summed E-state index contributed by atoms with van der Waals surface area (Å²) < 4.78 is 71.1. The summed E-state index contributed by atoms with van der Waals surface area (Å²) in [6.07, 6.45) is -3.62. The largest absolute Gasteiger partial charge is 0.542 e. The lowest BCUT2D eigenvalue weighted by Gasteiger charge is -2.18. The highest BCUT2D eigenvalue weighted by Gasteiger charge is 2.35. The molecule has 8 nitrogen and oxygen atoms in total. The number of alkyl halides is 6. The number of nitrogens with zero attached hydrogens (tertiary/aromatic N) is 3. The lowest BCUT2D eigenvalue weighted by Crippen LogP contribution is -2.37. The van der Waals surface area contributed by atoms with E-state index >= 15 is 0 Å². The van der Waals surface area contributed by atoms with Crippen molar-refractivity contribution in [3.05, 3.63) is 47.4 Å². The molecule has 0 radical (unpaired) electrons. The fourth-order valence-electron chi connectivity index (χ4n) is 3.15. The number of aromatic nitrogens is 2. The van der Waals surface area contributed by atoms with Gasteiger partial charge in [0.05, 0.1) is 18.7 Å². The molecule has 1 aliphatic heterocycles. The summed E-state index contributed by atoms with van der Waals surface area (Å²) in [5, 5.41) is 20.3. The van der Waals surface area contributed by atoms with E-state index in [9.17, 15) is 31.1 Å². The molecule has 188 valence electrons. The van der Waals surface area contributed by atoms with Crippen LogP contribution in [0.3, 0.4) is 0 Å². The fourth-order valence-corrected chi connectivity index (χ4v) is 3.15. The van der Waals surface area contributed by atoms with E-state index in [-0.39, 0.29) is 16.9 Å². The van der Waals surface area contributed by atoms with E-state index in [0.717, 1.165) is 37.9 Å². The van der Waals surface area contributed by atoms with Gasteiger partial charge in [0.1, 0.15) is 29.5 Å². The van der Waals surface area contributed by atoms with Gasteiger partial charge in [-0.25, -0.2) is 9.97 Å². The first-order chi connectivity index (χ1) is 16.3. The minimum atomic E-state index is -5.19. The molecule has 0 spiro atoms. The van der Waals surface area contributed by atoms with E-state index in [0.29, 0.717) is 18.9 Å². The third-order valence-corrected chi connectivity index (χ3v) is 4.78. The number of carbonyl (C=O) groups is 2. The number of carbonyl (C=O) groups excluding carboxylic acids is 2. The Kier molecular flexibility index (Phi) is 8.99. The van der Waals surface area contributed by atoms with Crippen LogP contribution >= 0.6 is 0 Å². The minimum absolute atomic E-state index is 0.0907. The summed E-state index contributed by atoms with van der Waals surface area (Å²) in [5.74, 6) is -3.33. The molecule has 0 bridgehead atoms. The summed E-state index contributed by atoms with van der Waals surface area (Å²) in [5.41, 5.74) is -0.632. The summed E-state index contributed by atoms with van der Waals surface area (Å²) in [4.78, 5) is 30.0. The van der Waals surface area contributed by atoms with Crippen molar-refractivity contribution in [3.8, 4) is 6.07 Å². The van der Waals surface area contributed by atoms with E-state index in [1.807, 2.05) is 11.0 Å². The van der Waals surface area contributed by atoms with Gasteiger partial charge in [-0.15, -0.1) is 0 Å². The third kappa shape index (κ3) is 8.13. The molecule has 2 N–H and O–H groups in total. The SMILES string of the molecule is N#Cc1cc(NC(=O)c2cc(C(F)(F)F)c[nH+]c2N2CCCCCC2)ccn1.O=C([O-])C(F)(F)F. The molecule has 0 saturated carbocycles. The maximum absolute atomic E-state index is 13.2. The van der Waals surface area contributed by atoms with Crippen molar-refractivity contribution in [2.75, 3.05) is 23.3 Å². The number of carboxylic acid groups (broad SMARTS) is 1. The van der Waals surface area contributed by atoms with Gasteiger partial charge >= 0.3 is 12.4 Å². The van der Waals surface area contributed by atoms with E-state index < -0.39 is 29.8 Å². The zero-order chi connectivity index (χ0) is 26.2. The Balaban J connectivity index is 0.000000540. The second-order valence-electron chi connectivity index (χ2n) is 7.33. The van der Waals surface area contributed by atoms with E-state index in [2.05, 4.69) is 15.3 Å². The second-order valence-corrected chi connectivity index (χ2v) is 7.33. The van der Waals surface area contributed by atoms with Crippen molar-refractivity contribution in [2.45, 2.75) is 38.0 Å². The summed E-state index contributed by atoms with van der Waals surface area (Å²) >= 11 is 0. The summed E-state index contributed by atoms with van der Waals surface area (Å²) in [6.45, 7) is 1.33. The molecule has 3 rings (SSSR count). The first-order valence-corrected chi connectivity index (χ1v) is 10.2. The number of pyridine rings is 2. The van der Waals surface area contributed by atoms with Gasteiger partial charge < -0.3 is 15.2 Å². The van der Waals surface area contributed by atoms with Gasteiger partial charge in [0.15, 0.2) is 0 Å². The van der Waals surface area contributed by atoms with Gasteiger partial charge in [0, 0.05) is 11.9 Å². The van der Waals surface area contributed by atoms with Crippen molar-refractivity contribution < 1.29 is 46.0 Å². The molecule has 3 heterocycles. The number of anilines is 2. The maximum atomic E-state index is 13.2. The molecule has 1 aliphatic rings. The zero-order valence-corrected chi connectivity index (χ0v) is 18.0. The number of aliphatic carboxylic acids is 1. The first-order valence-electron chi connectivity index (χ1n) is 10.2. The van der Waals surface area contributed by atoms with Gasteiger partial charge in [-0.05, 0) is 43.9 Å². The topological polar surface area (TPSA) is 123 Å². The van der Waals surface area contributed by atoms with Crippen LogP contribution in [0.5, 0.6) is 0 Å². The molecule has 1 amide bonds. The molecular formula is C21H19F6N5O3. The number of hydrogen-bond donors (Lipinski definition) is 1. The van der Waals surface area contributed by atoms with E-state index in [1.54, 1.807) is 0 Å². The minimum Gasteiger partial charge on any atom is -0.542 e. The third-order valence-electron chi connectivity index (χ3n) is 4.78. The van der Waals surface area contributed by atoms with Crippen LogP contribution in [-0.4, -0.2) is 36.1 Å². The number of halogens is 6. The average Bonchev–Trinajstić information content (AvgIpc) is 3.07. The lowest BCUT2D eigenvalue weighted by atomic mass is 10.1. The fraction of sp³-hybridized carbons (Fsp3) is 0.381. The Hall–Kier alpha value is -3.89. The van der Waals surface area contributed by atoms with Gasteiger partial charge in [0.25, 0.3) is 11.7 Å². The quantitative estimate of drug-likeness (QED) is 0.643. The van der Waals surface area contributed by atoms with Crippen molar-refractivity contribution in [1.29, 1.82) is 5.26 Å². The molecule has 2 aromatic rings. The van der Waals surface area contributed by atoms with E-state index in [1.165, 1.54) is 18.3 Å². The normalized spacial score (nSPS) is 14.1. The van der Waals surface area contributed by atoms with Crippen LogP contribution in [-0.2, 0) is 11.0 Å². The monoisotopic (exact) mass is 503 g/mol. The number of hydrogen-bond acceptors (Lipinski definition) is 6. The Bertz CT molecular complexity index is 1090. The molecule has 1 saturated heterocycles. The number of aromatic amines is 1. The number of rotatable bonds is 3. The maximum Gasteiger partial charge on any atom is 0.430 e. The van der Waals surface area contributed by atoms with Gasteiger partial charge in [-0.3, -0.25) is 9.69 Å². The van der Waals surface area contributed by atoms with Crippen LogP contribution in [0.1, 0.15) is 47.3 Å². The Morgan fingerprint density at radius 2 is 1.69 bits per heavy atom. The highest BCUT2D eigenvalue weighted by molar-refractivity contribution is 6.07. The predicted molar refractivity (Wildman–Crippen MR) is 107 cm³/mol. The van der Waals surface area contributed by atoms with Crippen molar-refractivity contribution in [3.63, 3.8) is 0 Å². The number of H-pyrrole nitrogens is 1. The van der Waals surface area contributed by atoms with Gasteiger partial charge in [-0.1, -0.05) is 0 Å². The highest BCUT2D eigenvalue weighted by atomic mass is 19.4. The second kappa shape index (κ2) is 11.5. The molecule has 35 heavy (non-hydrogen) atoms.